The number of nitrogens with one attached hydrogen (secondary N) is 1. The Bertz CT molecular complexity index is 200. The van der Waals surface area contributed by atoms with Gasteiger partial charge in [0.1, 0.15) is 0 Å². The minimum Gasteiger partial charge on any atom is -0.313 e. The van der Waals surface area contributed by atoms with Gasteiger partial charge in [-0.1, -0.05) is 20.8 Å². The Labute approximate surface area is 118 Å². The SMILES string of the molecule is CCCN1CCC(NCC(CC)(CC)SC)CC1. The molecule has 0 aromatic carbocycles. The van der Waals surface area contributed by atoms with Crippen molar-refractivity contribution in [1.29, 1.82) is 0 Å². The van der Waals surface area contributed by atoms with Crippen molar-refractivity contribution in [1.82, 2.24) is 10.2 Å². The lowest BCUT2D eigenvalue weighted by Crippen LogP contribution is -2.47. The van der Waals surface area contributed by atoms with E-state index in [2.05, 4.69) is 37.2 Å². The van der Waals surface area contributed by atoms with Gasteiger partial charge >= 0.3 is 0 Å². The predicted octanol–water partition coefficient (Wildman–Crippen LogP) is 3.37. The monoisotopic (exact) mass is 272 g/mol. The van der Waals surface area contributed by atoms with E-state index in [-0.39, 0.29) is 0 Å². The van der Waals surface area contributed by atoms with E-state index >= 15 is 0 Å². The largest absolute Gasteiger partial charge is 0.313 e. The van der Waals surface area contributed by atoms with Crippen LogP contribution in [0, 0.1) is 0 Å². The maximum atomic E-state index is 3.83. The molecule has 1 fully saturated rings. The standard InChI is InChI=1S/C15H32N2S/c1-5-10-17-11-8-14(9-12-17)16-13-15(6-2,7-3)18-4/h14,16H,5-13H2,1-4H3. The van der Waals surface area contributed by atoms with E-state index in [1.54, 1.807) is 0 Å². The first-order valence-electron chi connectivity index (χ1n) is 7.70. The van der Waals surface area contributed by atoms with Crippen LogP contribution < -0.4 is 5.32 Å². The Morgan fingerprint density at radius 3 is 2.22 bits per heavy atom. The van der Waals surface area contributed by atoms with E-state index in [9.17, 15) is 0 Å². The fourth-order valence-electron chi connectivity index (χ4n) is 2.87. The van der Waals surface area contributed by atoms with Crippen molar-refractivity contribution < 1.29 is 0 Å². The summed E-state index contributed by atoms with van der Waals surface area (Å²) in [7, 11) is 0. The quantitative estimate of drug-likeness (QED) is 0.729. The lowest BCUT2D eigenvalue weighted by atomic mass is 9.99. The van der Waals surface area contributed by atoms with Crippen molar-refractivity contribution in [2.24, 2.45) is 0 Å². The van der Waals surface area contributed by atoms with Crippen LogP contribution in [0.2, 0.25) is 0 Å². The summed E-state index contributed by atoms with van der Waals surface area (Å²) in [5.74, 6) is 0. The van der Waals surface area contributed by atoms with E-state index in [4.69, 9.17) is 0 Å². The van der Waals surface area contributed by atoms with Gasteiger partial charge in [0, 0.05) is 17.3 Å². The topological polar surface area (TPSA) is 15.3 Å². The number of likely N-dealkylation sites (tertiary alicyclic amines) is 1. The zero-order valence-electron chi connectivity index (χ0n) is 12.8. The average Bonchev–Trinajstić information content (AvgIpc) is 2.43. The molecule has 0 aromatic heterocycles. The molecule has 108 valence electrons. The van der Waals surface area contributed by atoms with Gasteiger partial charge in [0.15, 0.2) is 0 Å². The molecule has 2 nitrogen and oxygen atoms in total. The Balaban J connectivity index is 2.28. The molecule has 1 aliphatic rings. The molecule has 0 aromatic rings. The van der Waals surface area contributed by atoms with Crippen molar-refractivity contribution in [3.8, 4) is 0 Å². The predicted molar refractivity (Wildman–Crippen MR) is 84.6 cm³/mol. The summed E-state index contributed by atoms with van der Waals surface area (Å²) in [5, 5.41) is 3.83. The Kier molecular flexibility index (Phi) is 7.66. The Morgan fingerprint density at radius 2 is 1.78 bits per heavy atom. The average molecular weight is 273 g/mol. The minimum absolute atomic E-state index is 0.459. The van der Waals surface area contributed by atoms with E-state index < -0.39 is 0 Å². The lowest BCUT2D eigenvalue weighted by molar-refractivity contribution is 0.196. The molecule has 0 radical (unpaired) electrons. The summed E-state index contributed by atoms with van der Waals surface area (Å²) in [4.78, 5) is 2.61. The maximum Gasteiger partial charge on any atom is 0.0276 e. The first-order valence-corrected chi connectivity index (χ1v) is 8.93. The van der Waals surface area contributed by atoms with Gasteiger partial charge in [-0.15, -0.1) is 0 Å². The molecule has 0 unspecified atom stereocenters. The number of hydrogen-bond donors (Lipinski definition) is 1. The molecular weight excluding hydrogens is 240 g/mol. The third-order valence-corrected chi connectivity index (χ3v) is 6.15. The van der Waals surface area contributed by atoms with Crippen molar-refractivity contribution in [3.63, 3.8) is 0 Å². The van der Waals surface area contributed by atoms with Gasteiger partial charge in [-0.25, -0.2) is 0 Å². The highest BCUT2D eigenvalue weighted by Crippen LogP contribution is 2.30. The second-order valence-electron chi connectivity index (χ2n) is 5.59. The number of hydrogen-bond acceptors (Lipinski definition) is 3. The molecule has 0 aliphatic carbocycles. The summed E-state index contributed by atoms with van der Waals surface area (Å²) >= 11 is 2.04. The molecule has 18 heavy (non-hydrogen) atoms. The Morgan fingerprint density at radius 1 is 1.17 bits per heavy atom. The highest BCUT2D eigenvalue weighted by atomic mass is 32.2. The maximum absolute atomic E-state index is 3.83. The fourth-order valence-corrected chi connectivity index (χ4v) is 3.67. The molecule has 1 heterocycles. The fraction of sp³-hybridized carbons (Fsp3) is 1.00. The van der Waals surface area contributed by atoms with E-state index in [0.29, 0.717) is 4.75 Å². The van der Waals surface area contributed by atoms with E-state index in [0.717, 1.165) is 6.04 Å². The molecule has 1 rings (SSSR count). The minimum atomic E-state index is 0.459. The van der Waals surface area contributed by atoms with Crippen molar-refractivity contribution in [2.45, 2.75) is 63.7 Å². The molecule has 1 N–H and O–H groups in total. The van der Waals surface area contributed by atoms with Crippen LogP contribution in [0.15, 0.2) is 0 Å². The molecule has 1 saturated heterocycles. The van der Waals surface area contributed by atoms with Gasteiger partial charge in [0.05, 0.1) is 0 Å². The summed E-state index contributed by atoms with van der Waals surface area (Å²) in [6.07, 6.45) is 8.76. The van der Waals surface area contributed by atoms with Crippen molar-refractivity contribution in [3.05, 3.63) is 0 Å². The van der Waals surface area contributed by atoms with Crippen LogP contribution in [0.4, 0.5) is 0 Å². The zero-order valence-corrected chi connectivity index (χ0v) is 13.6. The molecule has 3 heteroatoms. The number of nitrogens with zero attached hydrogens (tertiary/aromatic N) is 1. The molecule has 0 spiro atoms. The number of piperidine rings is 1. The van der Waals surface area contributed by atoms with E-state index in [1.807, 2.05) is 11.8 Å². The second kappa shape index (κ2) is 8.44. The van der Waals surface area contributed by atoms with Gasteiger partial charge in [-0.05, 0) is 58.0 Å². The van der Waals surface area contributed by atoms with Crippen LogP contribution in [0.5, 0.6) is 0 Å². The first kappa shape index (κ1) is 16.3. The van der Waals surface area contributed by atoms with Crippen molar-refractivity contribution in [2.75, 3.05) is 32.4 Å². The van der Waals surface area contributed by atoms with Gasteiger partial charge in [-0.3, -0.25) is 0 Å². The molecule has 0 amide bonds. The third-order valence-electron chi connectivity index (χ3n) is 4.56. The normalized spacial score (nSPS) is 19.3. The van der Waals surface area contributed by atoms with Crippen LogP contribution in [-0.2, 0) is 0 Å². The van der Waals surface area contributed by atoms with Crippen LogP contribution in [-0.4, -0.2) is 48.1 Å². The highest BCUT2D eigenvalue weighted by Gasteiger charge is 2.26. The third kappa shape index (κ3) is 4.75. The molecule has 0 atom stereocenters. The highest BCUT2D eigenvalue weighted by molar-refractivity contribution is 8.00. The van der Waals surface area contributed by atoms with Crippen LogP contribution in [0.1, 0.15) is 52.9 Å². The van der Waals surface area contributed by atoms with Crippen LogP contribution >= 0.6 is 11.8 Å². The van der Waals surface area contributed by atoms with Crippen LogP contribution in [0.25, 0.3) is 0 Å². The Hall–Kier alpha value is 0.270. The summed E-state index contributed by atoms with van der Waals surface area (Å²) in [6.45, 7) is 12.0. The van der Waals surface area contributed by atoms with Gasteiger partial charge in [0.2, 0.25) is 0 Å². The van der Waals surface area contributed by atoms with Gasteiger partial charge < -0.3 is 10.2 Å². The summed E-state index contributed by atoms with van der Waals surface area (Å²) in [6, 6.07) is 0.753. The number of thioether (sulfide) groups is 1. The second-order valence-corrected chi connectivity index (χ2v) is 6.87. The van der Waals surface area contributed by atoms with Gasteiger partial charge in [0.25, 0.3) is 0 Å². The van der Waals surface area contributed by atoms with Gasteiger partial charge in [-0.2, -0.15) is 11.8 Å². The smallest absolute Gasteiger partial charge is 0.0276 e. The number of rotatable bonds is 8. The molecule has 1 aliphatic heterocycles. The van der Waals surface area contributed by atoms with Crippen LogP contribution in [0.3, 0.4) is 0 Å². The summed E-state index contributed by atoms with van der Waals surface area (Å²) in [5.41, 5.74) is 0. The summed E-state index contributed by atoms with van der Waals surface area (Å²) < 4.78 is 0.459. The van der Waals surface area contributed by atoms with E-state index in [1.165, 1.54) is 58.3 Å². The molecule has 0 bridgehead atoms. The zero-order chi connectivity index (χ0) is 13.4. The first-order chi connectivity index (χ1) is 8.69. The molecule has 0 saturated carbocycles. The van der Waals surface area contributed by atoms with Crippen molar-refractivity contribution >= 4 is 11.8 Å². The molecular formula is C15H32N2S. The lowest BCUT2D eigenvalue weighted by Gasteiger charge is -2.36.